The highest BCUT2D eigenvalue weighted by molar-refractivity contribution is 5.90. The molecule has 12 nitrogen and oxygen atoms in total. The summed E-state index contributed by atoms with van der Waals surface area (Å²) in [7, 11) is 6.80. The first-order valence-corrected chi connectivity index (χ1v) is 20.0. The van der Waals surface area contributed by atoms with Crippen LogP contribution < -0.4 is 10.6 Å². The van der Waals surface area contributed by atoms with Gasteiger partial charge in [-0.3, -0.25) is 24.1 Å². The summed E-state index contributed by atoms with van der Waals surface area (Å²) in [5, 5.41) is 16.9. The number of likely N-dealkylation sites (N-methyl/N-ethyl adjacent to an activating group) is 2. The number of likely N-dealkylation sites (tertiary alicyclic amines) is 1. The Hall–Kier alpha value is -3.06. The molecule has 0 radical (unpaired) electrons. The Morgan fingerprint density at radius 1 is 0.889 bits per heavy atom. The number of aliphatic hydroxyl groups is 1. The Morgan fingerprint density at radius 3 is 2.00 bits per heavy atom. The van der Waals surface area contributed by atoms with Gasteiger partial charge in [0.15, 0.2) is 0 Å². The van der Waals surface area contributed by atoms with Crippen LogP contribution in [0.1, 0.15) is 107 Å². The van der Waals surface area contributed by atoms with E-state index in [4.69, 9.17) is 9.47 Å². The minimum atomic E-state index is -0.877. The zero-order valence-corrected chi connectivity index (χ0v) is 35.7. The molecule has 0 unspecified atom stereocenters. The molecule has 1 aliphatic heterocycles. The van der Waals surface area contributed by atoms with E-state index in [1.807, 2.05) is 90.7 Å². The molecule has 0 bridgehead atoms. The van der Waals surface area contributed by atoms with Crippen molar-refractivity contribution in [1.29, 1.82) is 0 Å². The predicted octanol–water partition coefficient (Wildman–Crippen LogP) is 4.65. The van der Waals surface area contributed by atoms with Gasteiger partial charge in [-0.15, -0.1) is 0 Å². The second-order valence-electron chi connectivity index (χ2n) is 16.4. The molecule has 1 aromatic carbocycles. The summed E-state index contributed by atoms with van der Waals surface area (Å²) < 4.78 is 12.0. The van der Waals surface area contributed by atoms with Crippen LogP contribution in [0.4, 0.5) is 0 Å². The Bertz CT molecular complexity index is 1330. The predicted molar refractivity (Wildman–Crippen MR) is 213 cm³/mol. The summed E-state index contributed by atoms with van der Waals surface area (Å²) in [5.41, 5.74) is 0.711. The molecule has 1 saturated heterocycles. The molecule has 1 aliphatic rings. The lowest BCUT2D eigenvalue weighted by Gasteiger charge is -2.41. The Morgan fingerprint density at radius 2 is 1.50 bits per heavy atom. The minimum absolute atomic E-state index is 0.0197. The van der Waals surface area contributed by atoms with Gasteiger partial charge in [-0.25, -0.2) is 0 Å². The van der Waals surface area contributed by atoms with E-state index in [0.29, 0.717) is 18.5 Å². The van der Waals surface area contributed by atoms with E-state index in [1.165, 1.54) is 0 Å². The van der Waals surface area contributed by atoms with Crippen LogP contribution in [0.25, 0.3) is 0 Å². The average molecular weight is 760 g/mol. The second-order valence-corrected chi connectivity index (χ2v) is 16.4. The molecule has 54 heavy (non-hydrogen) atoms. The van der Waals surface area contributed by atoms with Gasteiger partial charge in [0.2, 0.25) is 23.6 Å². The molecule has 0 spiro atoms. The number of nitrogens with one attached hydrogen (secondary N) is 2. The van der Waals surface area contributed by atoms with Crippen LogP contribution >= 0.6 is 0 Å². The fourth-order valence-electron chi connectivity index (χ4n) is 7.93. The smallest absolute Gasteiger partial charge is 0.245 e. The van der Waals surface area contributed by atoms with E-state index in [1.54, 1.807) is 44.9 Å². The third kappa shape index (κ3) is 12.0. The summed E-state index contributed by atoms with van der Waals surface area (Å²) in [5.74, 6) is -1.57. The van der Waals surface area contributed by atoms with Crippen molar-refractivity contribution in [3.8, 4) is 0 Å². The van der Waals surface area contributed by atoms with Gasteiger partial charge in [-0.05, 0) is 64.0 Å². The summed E-state index contributed by atoms with van der Waals surface area (Å²) >= 11 is 0. The molecular weight excluding hydrogens is 686 g/mol. The fourth-order valence-corrected chi connectivity index (χ4v) is 7.93. The largest absolute Gasteiger partial charge is 0.386 e. The molecule has 4 amide bonds. The molecule has 0 saturated carbocycles. The second kappa shape index (κ2) is 21.9. The standard InChI is InChI=1S/C42H73N5O7/c1-15-28(8)37(46(12)42(52)35(25(2)3)44-41(51)36(26(4)5)45(11)27(6)7)33(53-13)24-34(48)47-23-19-22-32(47)39(54-14)29(9)40(50)43-30(10)38(49)31-20-17-16-18-21-31/h16-18,20-21,25-30,32-33,35-39,49H,15,19,22-24H2,1-14H3,(H,43,50)(H,44,51)/t28-,29+,30+,32-,33+,35+,36-,37-,38+,39+/m0/s1. The van der Waals surface area contributed by atoms with Crippen molar-refractivity contribution in [3.63, 3.8) is 0 Å². The van der Waals surface area contributed by atoms with E-state index >= 15 is 0 Å². The molecular formula is C42H73N5O7. The van der Waals surface area contributed by atoms with E-state index in [2.05, 4.69) is 17.6 Å². The molecule has 1 aromatic rings. The van der Waals surface area contributed by atoms with Gasteiger partial charge < -0.3 is 35.0 Å². The van der Waals surface area contributed by atoms with Crippen molar-refractivity contribution in [2.45, 2.75) is 149 Å². The highest BCUT2D eigenvalue weighted by Crippen LogP contribution is 2.30. The van der Waals surface area contributed by atoms with Gasteiger partial charge >= 0.3 is 0 Å². The van der Waals surface area contributed by atoms with Gasteiger partial charge in [0.1, 0.15) is 6.04 Å². The number of nitrogens with zero attached hydrogens (tertiary/aromatic N) is 3. The van der Waals surface area contributed by atoms with Crippen molar-refractivity contribution < 1.29 is 33.8 Å². The minimum Gasteiger partial charge on any atom is -0.386 e. The quantitative estimate of drug-likeness (QED) is 0.165. The van der Waals surface area contributed by atoms with E-state index in [9.17, 15) is 24.3 Å². The first-order valence-electron chi connectivity index (χ1n) is 20.0. The summed E-state index contributed by atoms with van der Waals surface area (Å²) in [6.07, 6.45) is 0.136. The number of amides is 4. The lowest BCUT2D eigenvalue weighted by Crippen LogP contribution is -2.60. The maximum absolute atomic E-state index is 14.3. The van der Waals surface area contributed by atoms with E-state index < -0.39 is 48.4 Å². The molecule has 308 valence electrons. The highest BCUT2D eigenvalue weighted by atomic mass is 16.5. The number of carbonyl (C=O) groups excluding carboxylic acids is 4. The molecule has 10 atom stereocenters. The van der Waals surface area contributed by atoms with Crippen LogP contribution in [0, 0.1) is 23.7 Å². The van der Waals surface area contributed by atoms with Crippen molar-refractivity contribution in [1.82, 2.24) is 25.3 Å². The van der Waals surface area contributed by atoms with Crippen molar-refractivity contribution in [3.05, 3.63) is 35.9 Å². The zero-order chi connectivity index (χ0) is 41.0. The number of carbonyl (C=O) groups is 4. The average Bonchev–Trinajstić information content (AvgIpc) is 3.62. The van der Waals surface area contributed by atoms with Gasteiger partial charge in [-0.1, -0.05) is 85.2 Å². The van der Waals surface area contributed by atoms with Crippen molar-refractivity contribution >= 4 is 23.6 Å². The SMILES string of the molecule is CC[C@H](C)[C@@H]([C@@H](CC(=O)N1CCC[C@H]1[C@H](OC)[C@@H](C)C(=O)N[C@H](C)[C@@H](O)c1ccccc1)OC)N(C)C(=O)[C@H](NC(=O)[C@H](C(C)C)N(C)C(C)C)C(C)C. The Balaban J connectivity index is 2.27. The summed E-state index contributed by atoms with van der Waals surface area (Å²) in [4.78, 5) is 61.3. The summed E-state index contributed by atoms with van der Waals surface area (Å²) in [6, 6.07) is 6.85. The zero-order valence-electron chi connectivity index (χ0n) is 35.7. The van der Waals surface area contributed by atoms with Gasteiger partial charge in [-0.2, -0.15) is 0 Å². The Kier molecular flexibility index (Phi) is 19.1. The topological polar surface area (TPSA) is 141 Å². The van der Waals surface area contributed by atoms with Crippen LogP contribution in [0.2, 0.25) is 0 Å². The molecule has 2 rings (SSSR count). The third-order valence-electron chi connectivity index (χ3n) is 11.6. The molecule has 0 aromatic heterocycles. The summed E-state index contributed by atoms with van der Waals surface area (Å²) in [6.45, 7) is 20.1. The number of ether oxygens (including phenoxy) is 2. The van der Waals surface area contributed by atoms with E-state index in [0.717, 1.165) is 12.8 Å². The van der Waals surface area contributed by atoms with Crippen LogP contribution in [0.3, 0.4) is 0 Å². The number of benzene rings is 1. The molecule has 1 heterocycles. The lowest BCUT2D eigenvalue weighted by atomic mass is 9.89. The molecule has 12 heteroatoms. The normalized spacial score (nSPS) is 19.9. The third-order valence-corrected chi connectivity index (χ3v) is 11.6. The number of rotatable bonds is 21. The molecule has 0 aliphatic carbocycles. The first-order chi connectivity index (χ1) is 25.3. The van der Waals surface area contributed by atoms with Gasteiger partial charge in [0, 0.05) is 33.9 Å². The fraction of sp³-hybridized carbons (Fsp3) is 0.762. The Labute approximate surface area is 326 Å². The van der Waals surface area contributed by atoms with Crippen molar-refractivity contribution in [2.24, 2.45) is 23.7 Å². The highest BCUT2D eigenvalue weighted by Gasteiger charge is 2.43. The van der Waals surface area contributed by atoms with Gasteiger partial charge in [0.25, 0.3) is 0 Å². The van der Waals surface area contributed by atoms with Crippen LogP contribution in [-0.2, 0) is 28.7 Å². The number of hydrogen-bond acceptors (Lipinski definition) is 8. The van der Waals surface area contributed by atoms with Crippen LogP contribution in [0.5, 0.6) is 0 Å². The number of methoxy groups -OCH3 is 2. The first kappa shape index (κ1) is 47.1. The maximum Gasteiger partial charge on any atom is 0.245 e. The molecule has 3 N–H and O–H groups in total. The van der Waals surface area contributed by atoms with E-state index in [-0.39, 0.29) is 59.9 Å². The van der Waals surface area contributed by atoms with Crippen LogP contribution in [-0.4, -0.2) is 127 Å². The number of aliphatic hydroxyl groups excluding tert-OH is 1. The maximum atomic E-state index is 14.3. The number of hydrogen-bond donors (Lipinski definition) is 3. The van der Waals surface area contributed by atoms with Gasteiger partial charge in [0.05, 0.1) is 54.8 Å². The monoisotopic (exact) mass is 760 g/mol. The van der Waals surface area contributed by atoms with Crippen LogP contribution in [0.15, 0.2) is 30.3 Å². The van der Waals surface area contributed by atoms with Crippen molar-refractivity contribution in [2.75, 3.05) is 34.9 Å². The lowest BCUT2D eigenvalue weighted by molar-refractivity contribution is -0.148. The molecule has 1 fully saturated rings.